The summed E-state index contributed by atoms with van der Waals surface area (Å²) < 4.78 is 35.5. The Kier molecular flexibility index (Phi) is 5.87. The first-order valence-corrected chi connectivity index (χ1v) is 13.4. The summed E-state index contributed by atoms with van der Waals surface area (Å²) in [5, 5.41) is 17.6. The van der Waals surface area contributed by atoms with E-state index in [1.54, 1.807) is 23.1 Å². The third kappa shape index (κ3) is 4.71. The Labute approximate surface area is 225 Å². The fourth-order valence-corrected chi connectivity index (χ4v) is 5.95. The minimum Gasteiger partial charge on any atom is -0.451 e. The Balaban J connectivity index is 1.26. The van der Waals surface area contributed by atoms with Gasteiger partial charge in [0.1, 0.15) is 18.2 Å². The molecule has 0 unspecified atom stereocenters. The second-order valence-corrected chi connectivity index (χ2v) is 11.7. The summed E-state index contributed by atoms with van der Waals surface area (Å²) in [5.74, 6) is -3.93. The van der Waals surface area contributed by atoms with Crippen LogP contribution in [0.4, 0.5) is 8.78 Å². The lowest BCUT2D eigenvalue weighted by Crippen LogP contribution is -2.58. The highest BCUT2D eigenvalue weighted by atomic mass is 32.1. The van der Waals surface area contributed by atoms with E-state index in [-0.39, 0.29) is 30.8 Å². The lowest BCUT2D eigenvalue weighted by atomic mass is 9.74. The van der Waals surface area contributed by atoms with Gasteiger partial charge in [-0.3, -0.25) is 9.59 Å². The normalized spacial score (nSPS) is 18.9. The van der Waals surface area contributed by atoms with Gasteiger partial charge in [0.25, 0.3) is 5.91 Å². The van der Waals surface area contributed by atoms with Gasteiger partial charge in [-0.05, 0) is 44.7 Å². The van der Waals surface area contributed by atoms with Crippen molar-refractivity contribution in [1.82, 2.24) is 25.1 Å². The number of amides is 1. The summed E-state index contributed by atoms with van der Waals surface area (Å²) in [6.07, 6.45) is 2.75. The minimum absolute atomic E-state index is 0.0219. The Morgan fingerprint density at radius 2 is 1.95 bits per heavy atom. The maximum atomic E-state index is 14.0. The number of halogens is 2. The van der Waals surface area contributed by atoms with Gasteiger partial charge in [-0.25, -0.2) is 18.7 Å². The number of carbonyl (C=O) groups excluding carboxylic acids is 2. The average Bonchev–Trinajstić information content (AvgIpc) is 3.27. The lowest BCUT2D eigenvalue weighted by molar-refractivity contribution is -0.131. The molecule has 0 radical (unpaired) electrons. The van der Waals surface area contributed by atoms with Gasteiger partial charge >= 0.3 is 0 Å². The molecule has 1 amide bonds. The maximum absolute atomic E-state index is 14.0. The smallest absolute Gasteiger partial charge is 0.287 e. The molecule has 2 fully saturated rings. The van der Waals surface area contributed by atoms with Gasteiger partial charge in [0, 0.05) is 35.1 Å². The van der Waals surface area contributed by atoms with Crippen LogP contribution < -0.4 is 5.32 Å². The van der Waals surface area contributed by atoms with Crippen LogP contribution in [0.25, 0.3) is 27.4 Å². The SMILES string of the molecule is Cc1sc(-n2cncn2)nc1-c1ccc2cc(C(=O)NC3(C(=O)CC4(C#N)CC4)CCC(F)(F)CC3)oc2c1. The van der Waals surface area contributed by atoms with E-state index in [0.29, 0.717) is 28.9 Å². The van der Waals surface area contributed by atoms with Crippen LogP contribution in [0.2, 0.25) is 0 Å². The molecule has 0 bridgehead atoms. The number of aryl methyl sites for hydroxylation is 1. The van der Waals surface area contributed by atoms with Gasteiger partial charge in [0.2, 0.25) is 11.1 Å². The van der Waals surface area contributed by atoms with Crippen molar-refractivity contribution in [1.29, 1.82) is 5.26 Å². The molecule has 2 saturated carbocycles. The Morgan fingerprint density at radius 3 is 2.62 bits per heavy atom. The van der Waals surface area contributed by atoms with Crippen LogP contribution in [0.15, 0.2) is 41.3 Å². The van der Waals surface area contributed by atoms with E-state index in [0.717, 1.165) is 16.1 Å². The first kappa shape index (κ1) is 25.3. The number of carbonyl (C=O) groups is 2. The first-order chi connectivity index (χ1) is 18.6. The number of aromatic nitrogens is 4. The molecule has 200 valence electrons. The predicted octanol–water partition coefficient (Wildman–Crippen LogP) is 5.39. The van der Waals surface area contributed by atoms with Gasteiger partial charge in [-0.2, -0.15) is 15.0 Å². The molecule has 0 aliphatic heterocycles. The summed E-state index contributed by atoms with van der Waals surface area (Å²) in [5.41, 5.74) is -0.216. The van der Waals surface area contributed by atoms with Crippen molar-refractivity contribution in [2.24, 2.45) is 5.41 Å². The molecule has 1 aromatic carbocycles. The van der Waals surface area contributed by atoms with Crippen molar-refractivity contribution in [2.45, 2.75) is 63.3 Å². The van der Waals surface area contributed by atoms with Crippen molar-refractivity contribution in [3.8, 4) is 22.5 Å². The van der Waals surface area contributed by atoms with Crippen molar-refractivity contribution < 1.29 is 22.8 Å². The zero-order valence-electron chi connectivity index (χ0n) is 21.0. The molecular weight excluding hydrogens is 526 g/mol. The molecule has 12 heteroatoms. The van der Waals surface area contributed by atoms with Crippen LogP contribution >= 0.6 is 11.3 Å². The van der Waals surface area contributed by atoms with Gasteiger partial charge in [0.05, 0.1) is 22.7 Å². The number of alkyl halides is 2. The fourth-order valence-electron chi connectivity index (χ4n) is 5.10. The molecule has 0 saturated heterocycles. The van der Waals surface area contributed by atoms with E-state index in [1.807, 2.05) is 19.1 Å². The van der Waals surface area contributed by atoms with Gasteiger partial charge in [-0.15, -0.1) is 0 Å². The van der Waals surface area contributed by atoms with E-state index in [2.05, 4.69) is 26.5 Å². The number of Topliss-reactive ketones (excluding diaryl/α,β-unsaturated/α-hetero) is 1. The van der Waals surface area contributed by atoms with E-state index in [1.165, 1.54) is 17.7 Å². The molecule has 6 rings (SSSR count). The lowest BCUT2D eigenvalue weighted by Gasteiger charge is -2.39. The molecule has 3 aromatic heterocycles. The molecular formula is C27H24F2N6O3S. The molecule has 1 N–H and O–H groups in total. The molecule has 3 heterocycles. The summed E-state index contributed by atoms with van der Waals surface area (Å²) >= 11 is 1.46. The molecule has 9 nitrogen and oxygen atoms in total. The zero-order valence-corrected chi connectivity index (χ0v) is 21.9. The molecule has 2 aliphatic rings. The van der Waals surface area contributed by atoms with Crippen LogP contribution in [-0.4, -0.2) is 42.9 Å². The van der Waals surface area contributed by atoms with Gasteiger partial charge in [-0.1, -0.05) is 23.5 Å². The van der Waals surface area contributed by atoms with Crippen LogP contribution in [0, 0.1) is 23.7 Å². The molecule has 39 heavy (non-hydrogen) atoms. The topological polar surface area (TPSA) is 127 Å². The van der Waals surface area contributed by atoms with Crippen LogP contribution in [0.5, 0.6) is 0 Å². The number of nitriles is 1. The number of furan rings is 1. The Bertz CT molecular complexity index is 1620. The largest absolute Gasteiger partial charge is 0.451 e. The summed E-state index contributed by atoms with van der Waals surface area (Å²) in [4.78, 5) is 36.2. The number of thiazole rings is 1. The third-order valence-electron chi connectivity index (χ3n) is 7.73. The maximum Gasteiger partial charge on any atom is 0.287 e. The zero-order chi connectivity index (χ0) is 27.4. The number of nitrogens with one attached hydrogen (secondary N) is 1. The van der Waals surface area contributed by atoms with E-state index < -0.39 is 35.6 Å². The quantitative estimate of drug-likeness (QED) is 0.327. The number of fused-ring (bicyclic) bond motifs is 1. The Morgan fingerprint density at radius 1 is 1.18 bits per heavy atom. The van der Waals surface area contributed by atoms with Crippen molar-refractivity contribution in [3.05, 3.63) is 47.6 Å². The van der Waals surface area contributed by atoms with Crippen LogP contribution in [0.3, 0.4) is 0 Å². The van der Waals surface area contributed by atoms with Crippen molar-refractivity contribution in [2.75, 3.05) is 0 Å². The second kappa shape index (κ2) is 9.05. The highest BCUT2D eigenvalue weighted by Crippen LogP contribution is 2.50. The highest BCUT2D eigenvalue weighted by molar-refractivity contribution is 7.14. The summed E-state index contributed by atoms with van der Waals surface area (Å²) in [7, 11) is 0. The van der Waals surface area contributed by atoms with Crippen LogP contribution in [0.1, 0.15) is 60.4 Å². The van der Waals surface area contributed by atoms with E-state index in [9.17, 15) is 23.6 Å². The number of nitrogens with zero attached hydrogens (tertiary/aromatic N) is 5. The summed E-state index contributed by atoms with van der Waals surface area (Å²) in [6.45, 7) is 1.95. The minimum atomic E-state index is -2.89. The van der Waals surface area contributed by atoms with E-state index in [4.69, 9.17) is 4.42 Å². The first-order valence-electron chi connectivity index (χ1n) is 12.6. The van der Waals surface area contributed by atoms with Crippen molar-refractivity contribution in [3.63, 3.8) is 0 Å². The number of hydrogen-bond donors (Lipinski definition) is 1. The van der Waals surface area contributed by atoms with Gasteiger partial charge < -0.3 is 9.73 Å². The predicted molar refractivity (Wildman–Crippen MR) is 137 cm³/mol. The number of rotatable bonds is 7. The number of benzene rings is 1. The van der Waals surface area contributed by atoms with Crippen molar-refractivity contribution >= 4 is 34.0 Å². The average molecular weight is 551 g/mol. The highest BCUT2D eigenvalue weighted by Gasteiger charge is 2.53. The standard InChI is InChI=1S/C27H24F2N6O3S/c1-16-22(33-24(39-16)35-15-31-14-32-35)18-3-2-17-10-20(38-19(17)11-18)23(37)34-26(6-8-27(28,29)9-7-26)21(36)12-25(13-30)4-5-25/h2-3,10-11,14-15H,4-9,12H2,1H3,(H,34,37). The summed E-state index contributed by atoms with van der Waals surface area (Å²) in [6, 6.07) is 9.21. The van der Waals surface area contributed by atoms with E-state index >= 15 is 0 Å². The number of hydrogen-bond acceptors (Lipinski definition) is 8. The molecule has 4 aromatic rings. The fraction of sp³-hybridized carbons (Fsp3) is 0.407. The Hall–Kier alpha value is -3.98. The monoisotopic (exact) mass is 550 g/mol. The molecule has 0 atom stereocenters. The second-order valence-electron chi connectivity index (χ2n) is 10.5. The third-order valence-corrected chi connectivity index (χ3v) is 8.69. The van der Waals surface area contributed by atoms with Gasteiger partial charge in [0.15, 0.2) is 11.5 Å². The number of ketones is 1. The molecule has 2 aliphatic carbocycles. The molecule has 0 spiro atoms. The van der Waals surface area contributed by atoms with Crippen LogP contribution in [-0.2, 0) is 4.79 Å².